The molecule has 20 heavy (non-hydrogen) atoms. The second-order valence-corrected chi connectivity index (χ2v) is 5.68. The van der Waals surface area contributed by atoms with Crippen LogP contribution in [-0.4, -0.2) is 4.98 Å². The molecular formula is C17H15ClN2. The Morgan fingerprint density at radius 2 is 2.35 bits per heavy atom. The van der Waals surface area contributed by atoms with Crippen molar-refractivity contribution in [3.05, 3.63) is 46.6 Å². The highest BCUT2D eigenvalue weighted by Crippen LogP contribution is 2.35. The minimum Gasteiger partial charge on any atom is -0.252 e. The van der Waals surface area contributed by atoms with Crippen LogP contribution in [0.1, 0.15) is 29.7 Å². The summed E-state index contributed by atoms with van der Waals surface area (Å²) in [6.45, 7) is 3.79. The number of aryl methyl sites for hydroxylation is 1. The molecule has 0 amide bonds. The third-order valence-electron chi connectivity index (χ3n) is 4.02. The van der Waals surface area contributed by atoms with Gasteiger partial charge < -0.3 is 0 Å². The molecule has 3 rings (SSSR count). The van der Waals surface area contributed by atoms with E-state index in [1.165, 1.54) is 0 Å². The van der Waals surface area contributed by atoms with Crippen molar-refractivity contribution in [2.75, 3.05) is 0 Å². The number of pyridine rings is 1. The number of nitrogens with zero attached hydrogens (tertiary/aromatic N) is 2. The number of hydrogen-bond donors (Lipinski definition) is 0. The molecule has 0 radical (unpaired) electrons. The average molecular weight is 283 g/mol. The minimum atomic E-state index is 0.414. The lowest BCUT2D eigenvalue weighted by atomic mass is 9.84. The van der Waals surface area contributed by atoms with Crippen LogP contribution in [0, 0.1) is 17.2 Å². The molecule has 0 N–H and O–H groups in total. The van der Waals surface area contributed by atoms with Gasteiger partial charge in [0, 0.05) is 17.5 Å². The number of nitriles is 1. The van der Waals surface area contributed by atoms with Crippen LogP contribution in [0.2, 0.25) is 5.02 Å². The van der Waals surface area contributed by atoms with E-state index in [-0.39, 0.29) is 0 Å². The highest BCUT2D eigenvalue weighted by molar-refractivity contribution is 6.36. The molecule has 0 saturated carbocycles. The summed E-state index contributed by atoms with van der Waals surface area (Å²) in [5, 5.41) is 10.7. The first-order chi connectivity index (χ1) is 9.72. The van der Waals surface area contributed by atoms with E-state index >= 15 is 0 Å². The standard InChI is InChI=1S/C17H15ClN2/c1-2-11-3-5-13-16(10-11)20-15-6-4-12(7-8-19)9-14(15)17(13)18/h2-3,5,10,12H,1,4,6-7,9H2. The first kappa shape index (κ1) is 13.1. The van der Waals surface area contributed by atoms with E-state index < -0.39 is 0 Å². The molecule has 2 aromatic rings. The summed E-state index contributed by atoms with van der Waals surface area (Å²) in [5.74, 6) is 0.414. The molecule has 0 saturated heterocycles. The normalized spacial score (nSPS) is 17.5. The molecular weight excluding hydrogens is 268 g/mol. The van der Waals surface area contributed by atoms with Gasteiger partial charge in [-0.1, -0.05) is 36.4 Å². The largest absolute Gasteiger partial charge is 0.252 e. The van der Waals surface area contributed by atoms with Crippen molar-refractivity contribution < 1.29 is 0 Å². The van der Waals surface area contributed by atoms with Crippen molar-refractivity contribution in [3.63, 3.8) is 0 Å². The third kappa shape index (κ3) is 2.19. The molecule has 1 heterocycles. The highest BCUT2D eigenvalue weighted by Gasteiger charge is 2.23. The van der Waals surface area contributed by atoms with Gasteiger partial charge in [-0.2, -0.15) is 5.26 Å². The predicted molar refractivity (Wildman–Crippen MR) is 82.6 cm³/mol. The van der Waals surface area contributed by atoms with E-state index in [4.69, 9.17) is 21.8 Å². The third-order valence-corrected chi connectivity index (χ3v) is 4.46. The molecule has 1 atom stereocenters. The fraction of sp³-hybridized carbons (Fsp3) is 0.294. The van der Waals surface area contributed by atoms with Gasteiger partial charge in [-0.05, 0) is 42.4 Å². The summed E-state index contributed by atoms with van der Waals surface area (Å²) in [7, 11) is 0. The maximum Gasteiger partial charge on any atom is 0.0726 e. The SMILES string of the molecule is C=Cc1ccc2c(Cl)c3c(nc2c1)CCC(CC#N)C3. The molecule has 3 heteroatoms. The summed E-state index contributed by atoms with van der Waals surface area (Å²) < 4.78 is 0. The molecule has 1 aliphatic carbocycles. The summed E-state index contributed by atoms with van der Waals surface area (Å²) in [6.07, 6.45) is 5.22. The first-order valence-electron chi connectivity index (χ1n) is 6.83. The van der Waals surface area contributed by atoms with Crippen molar-refractivity contribution in [1.82, 2.24) is 4.98 Å². The van der Waals surface area contributed by atoms with Crippen molar-refractivity contribution in [1.29, 1.82) is 5.26 Å². The van der Waals surface area contributed by atoms with Gasteiger partial charge in [0.2, 0.25) is 0 Å². The molecule has 1 unspecified atom stereocenters. The number of rotatable bonds is 2. The summed E-state index contributed by atoms with van der Waals surface area (Å²) in [4.78, 5) is 4.76. The highest BCUT2D eigenvalue weighted by atomic mass is 35.5. The smallest absolute Gasteiger partial charge is 0.0726 e. The predicted octanol–water partition coefficient (Wildman–Crippen LogP) is 4.55. The Labute approximate surface area is 123 Å². The van der Waals surface area contributed by atoms with Crippen molar-refractivity contribution in [2.24, 2.45) is 5.92 Å². The number of aromatic nitrogens is 1. The van der Waals surface area contributed by atoms with Crippen LogP contribution in [0.5, 0.6) is 0 Å². The lowest BCUT2D eigenvalue weighted by molar-refractivity contribution is 0.463. The fourth-order valence-electron chi connectivity index (χ4n) is 2.90. The zero-order chi connectivity index (χ0) is 14.1. The Balaban J connectivity index is 2.12. The number of hydrogen-bond acceptors (Lipinski definition) is 2. The van der Waals surface area contributed by atoms with Crippen LogP contribution in [0.4, 0.5) is 0 Å². The van der Waals surface area contributed by atoms with Crippen LogP contribution < -0.4 is 0 Å². The van der Waals surface area contributed by atoms with Gasteiger partial charge in [0.1, 0.15) is 0 Å². The summed E-state index contributed by atoms with van der Waals surface area (Å²) >= 11 is 6.57. The topological polar surface area (TPSA) is 36.7 Å². The zero-order valence-corrected chi connectivity index (χ0v) is 12.0. The van der Waals surface area contributed by atoms with E-state index in [1.807, 2.05) is 24.3 Å². The van der Waals surface area contributed by atoms with Crippen LogP contribution in [-0.2, 0) is 12.8 Å². The zero-order valence-electron chi connectivity index (χ0n) is 11.2. The van der Waals surface area contributed by atoms with Gasteiger partial charge in [-0.3, -0.25) is 4.98 Å². The second kappa shape index (κ2) is 5.26. The monoisotopic (exact) mass is 282 g/mol. The molecule has 2 nitrogen and oxygen atoms in total. The Hall–Kier alpha value is -1.85. The molecule has 1 aliphatic rings. The van der Waals surface area contributed by atoms with E-state index in [1.54, 1.807) is 0 Å². The van der Waals surface area contributed by atoms with Gasteiger partial charge in [0.25, 0.3) is 0 Å². The Kier molecular flexibility index (Phi) is 3.46. The van der Waals surface area contributed by atoms with E-state index in [0.717, 1.165) is 52.0 Å². The molecule has 0 aliphatic heterocycles. The van der Waals surface area contributed by atoms with Crippen LogP contribution in [0.25, 0.3) is 17.0 Å². The van der Waals surface area contributed by atoms with Gasteiger partial charge in [0.15, 0.2) is 0 Å². The summed E-state index contributed by atoms with van der Waals surface area (Å²) in [6, 6.07) is 8.30. The van der Waals surface area contributed by atoms with Gasteiger partial charge in [-0.15, -0.1) is 0 Å². The van der Waals surface area contributed by atoms with Crippen LogP contribution in [0.15, 0.2) is 24.8 Å². The second-order valence-electron chi connectivity index (χ2n) is 5.30. The quantitative estimate of drug-likeness (QED) is 0.810. The van der Waals surface area contributed by atoms with Gasteiger partial charge >= 0.3 is 0 Å². The van der Waals surface area contributed by atoms with E-state index in [0.29, 0.717) is 12.3 Å². The Morgan fingerprint density at radius 1 is 1.50 bits per heavy atom. The average Bonchev–Trinajstić information content (AvgIpc) is 2.48. The Bertz CT molecular complexity index is 728. The van der Waals surface area contributed by atoms with Crippen molar-refractivity contribution in [2.45, 2.75) is 25.7 Å². The molecule has 100 valence electrons. The lowest BCUT2D eigenvalue weighted by Crippen LogP contribution is -2.16. The molecule has 0 bridgehead atoms. The van der Waals surface area contributed by atoms with Gasteiger partial charge in [0.05, 0.1) is 16.6 Å². The fourth-order valence-corrected chi connectivity index (χ4v) is 3.25. The summed E-state index contributed by atoms with van der Waals surface area (Å²) in [5.41, 5.74) is 4.22. The lowest BCUT2D eigenvalue weighted by Gasteiger charge is -2.23. The molecule has 1 aromatic carbocycles. The van der Waals surface area contributed by atoms with Crippen molar-refractivity contribution in [3.8, 4) is 6.07 Å². The number of fused-ring (bicyclic) bond motifs is 2. The first-order valence-corrected chi connectivity index (χ1v) is 7.21. The number of benzene rings is 1. The molecule has 0 spiro atoms. The maximum absolute atomic E-state index is 8.86. The van der Waals surface area contributed by atoms with Crippen molar-refractivity contribution >= 4 is 28.6 Å². The van der Waals surface area contributed by atoms with Gasteiger partial charge in [-0.25, -0.2) is 0 Å². The Morgan fingerprint density at radius 3 is 3.10 bits per heavy atom. The minimum absolute atomic E-state index is 0.414. The number of halogens is 1. The molecule has 0 fully saturated rings. The molecule has 1 aromatic heterocycles. The maximum atomic E-state index is 8.86. The van der Waals surface area contributed by atoms with E-state index in [2.05, 4.69) is 12.6 Å². The van der Waals surface area contributed by atoms with E-state index in [9.17, 15) is 0 Å². The van der Waals surface area contributed by atoms with Crippen LogP contribution in [0.3, 0.4) is 0 Å². The van der Waals surface area contributed by atoms with Crippen LogP contribution >= 0.6 is 11.6 Å².